The predicted molar refractivity (Wildman–Crippen MR) is 73.3 cm³/mol. The molecule has 1 unspecified atom stereocenters. The van der Waals surface area contributed by atoms with Gasteiger partial charge in [-0.2, -0.15) is 0 Å². The van der Waals surface area contributed by atoms with Gasteiger partial charge < -0.3 is 16.0 Å². The van der Waals surface area contributed by atoms with Crippen molar-refractivity contribution < 1.29 is 13.6 Å². The number of nitrogens with zero attached hydrogens (tertiary/aromatic N) is 1. The molecule has 1 amide bonds. The third-order valence-electron chi connectivity index (χ3n) is 3.58. The van der Waals surface area contributed by atoms with Crippen molar-refractivity contribution in [1.82, 2.24) is 10.2 Å². The molecule has 1 aromatic carbocycles. The Morgan fingerprint density at radius 2 is 2.25 bits per heavy atom. The summed E-state index contributed by atoms with van der Waals surface area (Å²) in [5.41, 5.74) is 4.62. The fourth-order valence-corrected chi connectivity index (χ4v) is 2.55. The van der Waals surface area contributed by atoms with Gasteiger partial charge in [0.15, 0.2) is 5.82 Å². The molecule has 0 radical (unpaired) electrons. The van der Waals surface area contributed by atoms with Crippen molar-refractivity contribution in [1.29, 1.82) is 0 Å². The number of piperidine rings is 1. The Bertz CT molecular complexity index is 507. The van der Waals surface area contributed by atoms with Crippen LogP contribution in [0.4, 0.5) is 14.5 Å². The van der Waals surface area contributed by atoms with E-state index < -0.39 is 17.5 Å². The quantitative estimate of drug-likeness (QED) is 0.829. The monoisotopic (exact) mass is 283 g/mol. The SMILES string of the molecule is CN1CCCC(CNC(=O)c2cc(F)cc(N)c2F)C1. The topological polar surface area (TPSA) is 58.4 Å². The van der Waals surface area contributed by atoms with Gasteiger partial charge in [-0.3, -0.25) is 4.79 Å². The van der Waals surface area contributed by atoms with Crippen molar-refractivity contribution in [3.8, 4) is 0 Å². The normalized spacial score (nSPS) is 19.9. The summed E-state index contributed by atoms with van der Waals surface area (Å²) in [6, 6.07) is 1.73. The second kappa shape index (κ2) is 6.17. The third kappa shape index (κ3) is 3.45. The van der Waals surface area contributed by atoms with E-state index in [0.717, 1.165) is 38.1 Å². The van der Waals surface area contributed by atoms with Gasteiger partial charge in [0.05, 0.1) is 11.3 Å². The Hall–Kier alpha value is -1.69. The molecule has 110 valence electrons. The first-order valence-corrected chi connectivity index (χ1v) is 6.68. The summed E-state index contributed by atoms with van der Waals surface area (Å²) < 4.78 is 26.9. The number of halogens is 2. The summed E-state index contributed by atoms with van der Waals surface area (Å²) >= 11 is 0. The highest BCUT2D eigenvalue weighted by atomic mass is 19.1. The molecule has 0 saturated carbocycles. The van der Waals surface area contributed by atoms with Crippen LogP contribution in [-0.2, 0) is 0 Å². The Balaban J connectivity index is 1.98. The maximum atomic E-state index is 13.7. The molecule has 0 aromatic heterocycles. The fraction of sp³-hybridized carbons (Fsp3) is 0.500. The number of carbonyl (C=O) groups is 1. The highest BCUT2D eigenvalue weighted by Gasteiger charge is 2.20. The molecule has 1 aliphatic heterocycles. The van der Waals surface area contributed by atoms with E-state index in [4.69, 9.17) is 5.73 Å². The second-order valence-electron chi connectivity index (χ2n) is 5.34. The highest BCUT2D eigenvalue weighted by molar-refractivity contribution is 5.95. The molecule has 0 spiro atoms. The minimum Gasteiger partial charge on any atom is -0.396 e. The molecule has 4 nitrogen and oxygen atoms in total. The lowest BCUT2D eigenvalue weighted by molar-refractivity contribution is 0.0932. The smallest absolute Gasteiger partial charge is 0.254 e. The zero-order valence-corrected chi connectivity index (χ0v) is 11.5. The Kier molecular flexibility index (Phi) is 4.54. The van der Waals surface area contributed by atoms with Crippen LogP contribution < -0.4 is 11.1 Å². The molecule has 20 heavy (non-hydrogen) atoms. The van der Waals surface area contributed by atoms with Crippen LogP contribution in [0.3, 0.4) is 0 Å². The van der Waals surface area contributed by atoms with Gasteiger partial charge in [-0.25, -0.2) is 8.78 Å². The number of benzene rings is 1. The van der Waals surface area contributed by atoms with E-state index in [1.807, 2.05) is 7.05 Å². The molecule has 2 rings (SSSR count). The van der Waals surface area contributed by atoms with E-state index in [9.17, 15) is 13.6 Å². The third-order valence-corrected chi connectivity index (χ3v) is 3.58. The maximum Gasteiger partial charge on any atom is 0.254 e. The summed E-state index contributed by atoms with van der Waals surface area (Å²) in [4.78, 5) is 14.1. The minimum atomic E-state index is -0.871. The number of hydrogen-bond donors (Lipinski definition) is 2. The van der Waals surface area contributed by atoms with Crippen molar-refractivity contribution in [3.05, 3.63) is 29.3 Å². The molecule has 1 aliphatic rings. The lowest BCUT2D eigenvalue weighted by atomic mass is 9.98. The van der Waals surface area contributed by atoms with Gasteiger partial charge >= 0.3 is 0 Å². The lowest BCUT2D eigenvalue weighted by Gasteiger charge is -2.29. The van der Waals surface area contributed by atoms with Crippen LogP contribution in [0.1, 0.15) is 23.2 Å². The van der Waals surface area contributed by atoms with Crippen molar-refractivity contribution in [2.24, 2.45) is 5.92 Å². The summed E-state index contributed by atoms with van der Waals surface area (Å²) in [6.07, 6.45) is 2.11. The summed E-state index contributed by atoms with van der Waals surface area (Å²) in [7, 11) is 2.03. The Morgan fingerprint density at radius 3 is 2.95 bits per heavy atom. The van der Waals surface area contributed by atoms with Gasteiger partial charge in [0.25, 0.3) is 5.91 Å². The molecular formula is C14H19F2N3O. The number of nitrogens with one attached hydrogen (secondary N) is 1. The molecule has 1 atom stereocenters. The van der Waals surface area contributed by atoms with Crippen molar-refractivity contribution in [3.63, 3.8) is 0 Å². The zero-order chi connectivity index (χ0) is 14.7. The molecule has 1 saturated heterocycles. The van der Waals surface area contributed by atoms with Gasteiger partial charge in [-0.1, -0.05) is 0 Å². The average Bonchev–Trinajstić information content (AvgIpc) is 2.40. The van der Waals surface area contributed by atoms with Crippen LogP contribution in [-0.4, -0.2) is 37.5 Å². The minimum absolute atomic E-state index is 0.340. The number of likely N-dealkylation sites (tertiary alicyclic amines) is 1. The Morgan fingerprint density at radius 1 is 1.50 bits per heavy atom. The first kappa shape index (κ1) is 14.7. The van der Waals surface area contributed by atoms with Crippen LogP contribution in [0.25, 0.3) is 0 Å². The van der Waals surface area contributed by atoms with Crippen LogP contribution in [0.2, 0.25) is 0 Å². The zero-order valence-electron chi connectivity index (χ0n) is 11.5. The van der Waals surface area contributed by atoms with Gasteiger partial charge in [0.2, 0.25) is 0 Å². The lowest BCUT2D eigenvalue weighted by Crippen LogP contribution is -2.39. The van der Waals surface area contributed by atoms with Crippen LogP contribution >= 0.6 is 0 Å². The summed E-state index contributed by atoms with van der Waals surface area (Å²) in [5.74, 6) is -1.87. The largest absolute Gasteiger partial charge is 0.396 e. The van der Waals surface area contributed by atoms with E-state index in [1.165, 1.54) is 0 Å². The van der Waals surface area contributed by atoms with Crippen LogP contribution in [0.5, 0.6) is 0 Å². The Labute approximate surface area is 116 Å². The first-order chi connectivity index (χ1) is 9.47. The number of carbonyl (C=O) groups excluding carboxylic acids is 1. The van der Waals surface area contributed by atoms with Crippen molar-refractivity contribution in [2.75, 3.05) is 32.4 Å². The van der Waals surface area contributed by atoms with Crippen molar-refractivity contribution in [2.45, 2.75) is 12.8 Å². The fourth-order valence-electron chi connectivity index (χ4n) is 2.55. The molecule has 1 heterocycles. The molecule has 0 aliphatic carbocycles. The first-order valence-electron chi connectivity index (χ1n) is 6.68. The number of anilines is 1. The van der Waals surface area contributed by atoms with Gasteiger partial charge in [-0.05, 0) is 44.5 Å². The number of hydrogen-bond acceptors (Lipinski definition) is 3. The van der Waals surface area contributed by atoms with Gasteiger partial charge in [0, 0.05) is 13.1 Å². The van der Waals surface area contributed by atoms with Crippen LogP contribution in [0, 0.1) is 17.6 Å². The summed E-state index contributed by atoms with van der Waals surface area (Å²) in [6.45, 7) is 2.41. The molecular weight excluding hydrogens is 264 g/mol. The average molecular weight is 283 g/mol. The molecule has 0 bridgehead atoms. The molecule has 1 aromatic rings. The van der Waals surface area contributed by atoms with Gasteiger partial charge in [0.1, 0.15) is 5.82 Å². The molecule has 6 heteroatoms. The van der Waals surface area contributed by atoms with E-state index in [1.54, 1.807) is 0 Å². The number of amides is 1. The number of nitrogens with two attached hydrogens (primary N) is 1. The summed E-state index contributed by atoms with van der Waals surface area (Å²) in [5, 5.41) is 2.66. The number of nitrogen functional groups attached to an aromatic ring is 1. The van der Waals surface area contributed by atoms with Crippen LogP contribution in [0.15, 0.2) is 12.1 Å². The maximum absolute atomic E-state index is 13.7. The van der Waals surface area contributed by atoms with Crippen molar-refractivity contribution >= 4 is 11.6 Å². The standard InChI is InChI=1S/C14H19F2N3O/c1-19-4-2-3-9(8-19)7-18-14(20)11-5-10(15)6-12(17)13(11)16/h5-6,9H,2-4,7-8,17H2,1H3,(H,18,20). The van der Waals surface area contributed by atoms with E-state index >= 15 is 0 Å². The van der Waals surface area contributed by atoms with Gasteiger partial charge in [-0.15, -0.1) is 0 Å². The second-order valence-corrected chi connectivity index (χ2v) is 5.34. The molecule has 3 N–H and O–H groups in total. The molecule has 1 fully saturated rings. The predicted octanol–water partition coefficient (Wildman–Crippen LogP) is 1.62. The van der Waals surface area contributed by atoms with E-state index in [0.29, 0.717) is 12.5 Å². The number of rotatable bonds is 3. The van der Waals surface area contributed by atoms with E-state index in [-0.39, 0.29) is 11.3 Å². The highest BCUT2D eigenvalue weighted by Crippen LogP contribution is 2.18. The van der Waals surface area contributed by atoms with E-state index in [2.05, 4.69) is 10.2 Å².